The van der Waals surface area contributed by atoms with Crippen molar-refractivity contribution >= 4 is 18.4 Å². The molecule has 0 heterocycles. The second kappa shape index (κ2) is 4.07. The molecule has 3 N–H and O–H groups in total. The number of hydrogen-bond acceptors (Lipinski definition) is 2. The highest BCUT2D eigenvalue weighted by atomic mass is 35.5. The summed E-state index contributed by atoms with van der Waals surface area (Å²) in [5, 5.41) is 8.78. The van der Waals surface area contributed by atoms with Gasteiger partial charge < -0.3 is 10.8 Å². The van der Waals surface area contributed by atoms with E-state index < -0.39 is 11.5 Å². The van der Waals surface area contributed by atoms with E-state index in [-0.39, 0.29) is 17.8 Å². The van der Waals surface area contributed by atoms with Crippen molar-refractivity contribution in [2.75, 3.05) is 0 Å². The lowest BCUT2D eigenvalue weighted by Gasteiger charge is -2.43. The molecular weight excluding hydrogens is 202 g/mol. The molecule has 0 bridgehead atoms. The summed E-state index contributed by atoms with van der Waals surface area (Å²) in [4.78, 5) is 10.7. The first-order valence-electron chi connectivity index (χ1n) is 4.75. The van der Waals surface area contributed by atoms with Crippen molar-refractivity contribution < 1.29 is 9.90 Å². The van der Waals surface area contributed by atoms with Crippen molar-refractivity contribution in [3.05, 3.63) is 0 Å². The summed E-state index contributed by atoms with van der Waals surface area (Å²) in [6.07, 6.45) is 2.35. The molecule has 1 aliphatic carbocycles. The van der Waals surface area contributed by atoms with Gasteiger partial charge in [-0.05, 0) is 30.6 Å². The standard InChI is InChI=1S/C10H19NO2.ClH/c1-9(2,3)4-7-5-10(11,6-7)8(12)13;/h7H,4-6,11H2,1-3H3,(H,12,13);1H. The third kappa shape index (κ3) is 3.14. The molecule has 0 aromatic heterocycles. The second-order valence-corrected chi connectivity index (χ2v) is 5.50. The molecule has 0 aromatic carbocycles. The number of rotatable bonds is 2. The van der Waals surface area contributed by atoms with Crippen LogP contribution in [0.5, 0.6) is 0 Å². The lowest BCUT2D eigenvalue weighted by Crippen LogP contribution is -2.58. The molecule has 0 unspecified atom stereocenters. The van der Waals surface area contributed by atoms with E-state index in [2.05, 4.69) is 20.8 Å². The van der Waals surface area contributed by atoms with Crippen LogP contribution in [0.4, 0.5) is 0 Å². The Morgan fingerprint density at radius 3 is 2.21 bits per heavy atom. The van der Waals surface area contributed by atoms with Gasteiger partial charge in [0, 0.05) is 0 Å². The molecule has 0 aliphatic heterocycles. The van der Waals surface area contributed by atoms with Gasteiger partial charge in [-0.15, -0.1) is 12.4 Å². The summed E-state index contributed by atoms with van der Waals surface area (Å²) >= 11 is 0. The van der Waals surface area contributed by atoms with E-state index in [4.69, 9.17) is 10.8 Å². The zero-order valence-corrected chi connectivity index (χ0v) is 9.86. The summed E-state index contributed by atoms with van der Waals surface area (Å²) in [6.45, 7) is 6.51. The van der Waals surface area contributed by atoms with Crippen molar-refractivity contribution in [2.45, 2.75) is 45.6 Å². The largest absolute Gasteiger partial charge is 0.480 e. The Hall–Kier alpha value is -0.280. The van der Waals surface area contributed by atoms with Crippen LogP contribution in [-0.2, 0) is 4.79 Å². The van der Waals surface area contributed by atoms with Crippen LogP contribution in [0.15, 0.2) is 0 Å². The minimum atomic E-state index is -0.921. The Labute approximate surface area is 91.5 Å². The smallest absolute Gasteiger partial charge is 0.323 e. The third-order valence-corrected chi connectivity index (χ3v) is 2.63. The molecule has 0 aromatic rings. The van der Waals surface area contributed by atoms with Crippen LogP contribution in [0.1, 0.15) is 40.0 Å². The number of carbonyl (C=O) groups is 1. The van der Waals surface area contributed by atoms with E-state index in [9.17, 15) is 4.79 Å². The first-order valence-corrected chi connectivity index (χ1v) is 4.75. The molecule has 14 heavy (non-hydrogen) atoms. The predicted molar refractivity (Wildman–Crippen MR) is 58.6 cm³/mol. The number of halogens is 1. The average molecular weight is 222 g/mol. The van der Waals surface area contributed by atoms with Crippen molar-refractivity contribution in [3.8, 4) is 0 Å². The zero-order valence-electron chi connectivity index (χ0n) is 9.04. The molecule has 0 amide bonds. The Morgan fingerprint density at radius 2 is 1.93 bits per heavy atom. The molecule has 0 atom stereocenters. The average Bonchev–Trinajstić information content (AvgIpc) is 1.79. The number of nitrogens with two attached hydrogens (primary N) is 1. The minimum Gasteiger partial charge on any atom is -0.480 e. The number of aliphatic carboxylic acids is 1. The summed E-state index contributed by atoms with van der Waals surface area (Å²) in [6, 6.07) is 0. The fourth-order valence-electron chi connectivity index (χ4n) is 2.16. The molecule has 1 aliphatic rings. The van der Waals surface area contributed by atoms with Crippen LogP contribution < -0.4 is 5.73 Å². The van der Waals surface area contributed by atoms with Crippen LogP contribution >= 0.6 is 12.4 Å². The monoisotopic (exact) mass is 221 g/mol. The number of carboxylic acid groups (broad SMARTS) is 1. The Kier molecular flexibility index (Phi) is 3.99. The van der Waals surface area contributed by atoms with Gasteiger partial charge in [0.15, 0.2) is 0 Å². The highest BCUT2D eigenvalue weighted by molar-refractivity contribution is 5.85. The van der Waals surface area contributed by atoms with Gasteiger partial charge in [0.2, 0.25) is 0 Å². The van der Waals surface area contributed by atoms with E-state index in [0.717, 1.165) is 6.42 Å². The fourth-order valence-corrected chi connectivity index (χ4v) is 2.16. The molecule has 1 saturated carbocycles. The van der Waals surface area contributed by atoms with Crippen molar-refractivity contribution in [3.63, 3.8) is 0 Å². The van der Waals surface area contributed by atoms with E-state index in [1.54, 1.807) is 0 Å². The maximum Gasteiger partial charge on any atom is 0.323 e. The van der Waals surface area contributed by atoms with Gasteiger partial charge in [0.05, 0.1) is 0 Å². The Morgan fingerprint density at radius 1 is 1.50 bits per heavy atom. The summed E-state index contributed by atoms with van der Waals surface area (Å²) < 4.78 is 0. The normalized spacial score (nSPS) is 31.6. The maximum atomic E-state index is 10.7. The van der Waals surface area contributed by atoms with E-state index in [1.807, 2.05) is 0 Å². The molecule has 3 nitrogen and oxygen atoms in total. The summed E-state index contributed by atoms with van der Waals surface area (Å²) in [5.74, 6) is -0.348. The van der Waals surface area contributed by atoms with Crippen LogP contribution in [0, 0.1) is 11.3 Å². The lowest BCUT2D eigenvalue weighted by atomic mass is 9.64. The second-order valence-electron chi connectivity index (χ2n) is 5.50. The predicted octanol–water partition coefficient (Wildman–Crippen LogP) is 2.04. The lowest BCUT2D eigenvalue weighted by molar-refractivity contribution is -0.149. The van der Waals surface area contributed by atoms with E-state index in [0.29, 0.717) is 18.8 Å². The first kappa shape index (κ1) is 13.7. The molecule has 4 heteroatoms. The zero-order chi connectivity index (χ0) is 10.3. The number of hydrogen-bond donors (Lipinski definition) is 2. The third-order valence-electron chi connectivity index (χ3n) is 2.63. The van der Waals surface area contributed by atoms with Crippen LogP contribution in [0.3, 0.4) is 0 Å². The van der Waals surface area contributed by atoms with Crippen molar-refractivity contribution in [1.82, 2.24) is 0 Å². The van der Waals surface area contributed by atoms with Gasteiger partial charge >= 0.3 is 5.97 Å². The molecule has 84 valence electrons. The molecular formula is C10H20ClNO2. The first-order chi connectivity index (χ1) is 5.73. The van der Waals surface area contributed by atoms with Crippen LogP contribution in [0.2, 0.25) is 0 Å². The van der Waals surface area contributed by atoms with Gasteiger partial charge in [-0.2, -0.15) is 0 Å². The Balaban J connectivity index is 0.00000169. The van der Waals surface area contributed by atoms with E-state index >= 15 is 0 Å². The fraction of sp³-hybridized carbons (Fsp3) is 0.900. The molecule has 1 fully saturated rings. The van der Waals surface area contributed by atoms with Crippen LogP contribution in [0.25, 0.3) is 0 Å². The van der Waals surface area contributed by atoms with Gasteiger partial charge in [-0.25, -0.2) is 0 Å². The van der Waals surface area contributed by atoms with Crippen LogP contribution in [-0.4, -0.2) is 16.6 Å². The molecule has 0 radical (unpaired) electrons. The summed E-state index contributed by atoms with van der Waals surface area (Å²) in [5.41, 5.74) is 5.02. The Bertz CT molecular complexity index is 217. The van der Waals surface area contributed by atoms with Gasteiger partial charge in [0.1, 0.15) is 5.54 Å². The SMILES string of the molecule is CC(C)(C)CC1CC(N)(C(=O)O)C1.Cl. The van der Waals surface area contributed by atoms with Gasteiger partial charge in [0.25, 0.3) is 0 Å². The van der Waals surface area contributed by atoms with Gasteiger partial charge in [-0.3, -0.25) is 4.79 Å². The minimum absolute atomic E-state index is 0. The quantitative estimate of drug-likeness (QED) is 0.750. The molecule has 0 spiro atoms. The summed E-state index contributed by atoms with van der Waals surface area (Å²) in [7, 11) is 0. The van der Waals surface area contributed by atoms with Crippen molar-refractivity contribution in [2.24, 2.45) is 17.1 Å². The van der Waals surface area contributed by atoms with E-state index in [1.165, 1.54) is 0 Å². The number of carboxylic acids is 1. The molecule has 1 rings (SSSR count). The molecule has 0 saturated heterocycles. The maximum absolute atomic E-state index is 10.7. The van der Waals surface area contributed by atoms with Gasteiger partial charge in [-0.1, -0.05) is 20.8 Å². The van der Waals surface area contributed by atoms with Crippen molar-refractivity contribution in [1.29, 1.82) is 0 Å². The topological polar surface area (TPSA) is 63.3 Å². The highest BCUT2D eigenvalue weighted by Gasteiger charge is 2.47. The highest BCUT2D eigenvalue weighted by Crippen LogP contribution is 2.42.